The van der Waals surface area contributed by atoms with Crippen LogP contribution >= 0.6 is 0 Å². The Hall–Kier alpha value is -2.86. The molecule has 2 aromatic carbocycles. The highest BCUT2D eigenvalue weighted by atomic mass is 16.6. The van der Waals surface area contributed by atoms with Gasteiger partial charge in [-0.05, 0) is 22.3 Å². The summed E-state index contributed by atoms with van der Waals surface area (Å²) < 4.78 is 15.0. The smallest absolute Gasteiger partial charge is 0.409 e. The number of alkyl carbamates (subject to hydrolysis) is 1. The van der Waals surface area contributed by atoms with Crippen LogP contribution in [0.25, 0.3) is 11.1 Å². The number of nitrogens with one attached hydrogen (secondary N) is 1. The second kappa shape index (κ2) is 8.01. The molecule has 0 aromatic heterocycles. The molecule has 0 saturated carbocycles. The third-order valence-corrected chi connectivity index (χ3v) is 4.49. The van der Waals surface area contributed by atoms with Crippen LogP contribution in [0.5, 0.6) is 0 Å². The molecule has 0 fully saturated rings. The molecular weight excluding hydrogens is 334 g/mol. The van der Waals surface area contributed by atoms with Crippen molar-refractivity contribution in [3.63, 3.8) is 0 Å². The number of benzene rings is 2. The monoisotopic (exact) mass is 355 g/mol. The highest BCUT2D eigenvalue weighted by Crippen LogP contribution is 2.44. The normalized spacial score (nSPS) is 13.5. The lowest BCUT2D eigenvalue weighted by Crippen LogP contribution is -2.38. The maximum Gasteiger partial charge on any atom is 0.409 e. The molecule has 0 saturated heterocycles. The van der Waals surface area contributed by atoms with Crippen molar-refractivity contribution < 1.29 is 23.8 Å². The first kappa shape index (κ1) is 17.9. The van der Waals surface area contributed by atoms with Gasteiger partial charge in [-0.1, -0.05) is 48.5 Å². The third-order valence-electron chi connectivity index (χ3n) is 4.49. The quantitative estimate of drug-likeness (QED) is 0.637. The second-order valence-corrected chi connectivity index (χ2v) is 5.97. The Bertz CT molecular complexity index is 759. The molecular formula is C20H21NO5. The van der Waals surface area contributed by atoms with Gasteiger partial charge < -0.3 is 14.2 Å². The van der Waals surface area contributed by atoms with E-state index in [1.165, 1.54) is 14.2 Å². The summed E-state index contributed by atoms with van der Waals surface area (Å²) in [5.41, 5.74) is 4.61. The summed E-state index contributed by atoms with van der Waals surface area (Å²) in [4.78, 5) is 23.4. The van der Waals surface area contributed by atoms with Gasteiger partial charge in [-0.3, -0.25) is 10.1 Å². The van der Waals surface area contributed by atoms with E-state index in [4.69, 9.17) is 9.47 Å². The van der Waals surface area contributed by atoms with Crippen LogP contribution in [0.4, 0.5) is 4.79 Å². The molecule has 26 heavy (non-hydrogen) atoms. The highest BCUT2D eigenvalue weighted by molar-refractivity contribution is 5.79. The van der Waals surface area contributed by atoms with E-state index in [0.29, 0.717) is 0 Å². The Kier molecular flexibility index (Phi) is 5.53. The number of rotatable bonds is 6. The number of ether oxygens (including phenoxy) is 3. The lowest BCUT2D eigenvalue weighted by molar-refractivity contribution is -0.143. The van der Waals surface area contributed by atoms with Gasteiger partial charge in [0, 0.05) is 13.0 Å². The van der Waals surface area contributed by atoms with Crippen molar-refractivity contribution in [3.8, 4) is 11.1 Å². The lowest BCUT2D eigenvalue weighted by Gasteiger charge is -2.18. The largest absolute Gasteiger partial charge is 0.469 e. The summed E-state index contributed by atoms with van der Waals surface area (Å²) in [5, 5.41) is 2.52. The molecule has 6 nitrogen and oxygen atoms in total. The number of carbonyl (C=O) groups is 2. The van der Waals surface area contributed by atoms with Crippen LogP contribution in [0.15, 0.2) is 48.5 Å². The van der Waals surface area contributed by atoms with Gasteiger partial charge in [0.15, 0.2) is 0 Å². The van der Waals surface area contributed by atoms with Gasteiger partial charge in [0.1, 0.15) is 12.8 Å². The molecule has 1 amide bonds. The van der Waals surface area contributed by atoms with Crippen LogP contribution in [0.3, 0.4) is 0 Å². The average Bonchev–Trinajstić information content (AvgIpc) is 2.99. The minimum Gasteiger partial charge on any atom is -0.469 e. The third kappa shape index (κ3) is 3.70. The summed E-state index contributed by atoms with van der Waals surface area (Å²) in [6.45, 7) is 0.203. The number of hydrogen-bond donors (Lipinski definition) is 1. The Morgan fingerprint density at radius 2 is 1.58 bits per heavy atom. The van der Waals surface area contributed by atoms with Crippen LogP contribution in [0, 0.1) is 0 Å². The van der Waals surface area contributed by atoms with Crippen molar-refractivity contribution in [2.24, 2.45) is 0 Å². The Balaban J connectivity index is 1.66. The van der Waals surface area contributed by atoms with Crippen molar-refractivity contribution in [1.82, 2.24) is 5.32 Å². The lowest BCUT2D eigenvalue weighted by atomic mass is 9.98. The molecule has 1 aliphatic rings. The second-order valence-electron chi connectivity index (χ2n) is 5.97. The van der Waals surface area contributed by atoms with Crippen LogP contribution < -0.4 is 5.32 Å². The summed E-state index contributed by atoms with van der Waals surface area (Å²) in [5.74, 6) is -0.495. The standard InChI is InChI=1S/C20H21NO5/c1-24-18(11-19(22)25-2)21-20(23)26-12-17-15-9-5-3-7-13(15)14-8-4-6-10-16(14)17/h3-10,17-18H,11-12H2,1-2H3,(H,21,23)/t18-/m0/s1. The molecule has 0 aliphatic heterocycles. The number of carbonyl (C=O) groups excluding carboxylic acids is 2. The van der Waals surface area contributed by atoms with Crippen molar-refractivity contribution in [3.05, 3.63) is 59.7 Å². The van der Waals surface area contributed by atoms with E-state index in [2.05, 4.69) is 34.3 Å². The van der Waals surface area contributed by atoms with Crippen molar-refractivity contribution in [2.45, 2.75) is 18.6 Å². The maximum atomic E-state index is 12.1. The fourth-order valence-corrected chi connectivity index (χ4v) is 3.20. The van der Waals surface area contributed by atoms with Crippen molar-refractivity contribution in [1.29, 1.82) is 0 Å². The number of hydrogen-bond acceptors (Lipinski definition) is 5. The number of amides is 1. The molecule has 1 atom stereocenters. The minimum atomic E-state index is -0.793. The van der Waals surface area contributed by atoms with Crippen molar-refractivity contribution in [2.75, 3.05) is 20.8 Å². The van der Waals surface area contributed by atoms with E-state index >= 15 is 0 Å². The highest BCUT2D eigenvalue weighted by Gasteiger charge is 2.29. The summed E-state index contributed by atoms with van der Waals surface area (Å²) in [6, 6.07) is 16.2. The molecule has 136 valence electrons. The molecule has 1 aliphatic carbocycles. The Labute approximate surface area is 152 Å². The first-order chi connectivity index (χ1) is 12.6. The zero-order chi connectivity index (χ0) is 18.5. The SMILES string of the molecule is COC(=O)C[C@@H](NC(=O)OCC1c2ccccc2-c2ccccc21)OC. The zero-order valence-corrected chi connectivity index (χ0v) is 14.7. The van der Waals surface area contributed by atoms with Gasteiger partial charge >= 0.3 is 12.1 Å². The molecule has 0 radical (unpaired) electrons. The van der Waals surface area contributed by atoms with E-state index in [9.17, 15) is 9.59 Å². The Morgan fingerprint density at radius 3 is 2.12 bits per heavy atom. The molecule has 0 spiro atoms. The predicted molar refractivity (Wildman–Crippen MR) is 95.6 cm³/mol. The Morgan fingerprint density at radius 1 is 1.00 bits per heavy atom. The van der Waals surface area contributed by atoms with E-state index in [0.717, 1.165) is 22.3 Å². The maximum absolute atomic E-state index is 12.1. The van der Waals surface area contributed by atoms with Gasteiger partial charge in [-0.15, -0.1) is 0 Å². The summed E-state index contributed by atoms with van der Waals surface area (Å²) in [7, 11) is 2.68. The van der Waals surface area contributed by atoms with Gasteiger partial charge in [-0.2, -0.15) is 0 Å². The molecule has 3 rings (SSSR count). The van der Waals surface area contributed by atoms with E-state index in [1.807, 2.05) is 24.3 Å². The van der Waals surface area contributed by atoms with Crippen molar-refractivity contribution >= 4 is 12.1 Å². The van der Waals surface area contributed by atoms with E-state index in [-0.39, 0.29) is 18.9 Å². The first-order valence-corrected chi connectivity index (χ1v) is 8.35. The van der Waals surface area contributed by atoms with Gasteiger partial charge in [0.05, 0.1) is 13.5 Å². The van der Waals surface area contributed by atoms with Crippen LogP contribution in [0.1, 0.15) is 23.5 Å². The number of esters is 1. The topological polar surface area (TPSA) is 73.9 Å². The fourth-order valence-electron chi connectivity index (χ4n) is 3.20. The van der Waals surface area contributed by atoms with Gasteiger partial charge in [0.2, 0.25) is 0 Å². The molecule has 0 bridgehead atoms. The number of methoxy groups -OCH3 is 2. The van der Waals surface area contributed by atoms with Crippen LogP contribution in [-0.4, -0.2) is 39.1 Å². The van der Waals surface area contributed by atoms with E-state index < -0.39 is 18.3 Å². The van der Waals surface area contributed by atoms with Crippen LogP contribution in [0.2, 0.25) is 0 Å². The predicted octanol–water partition coefficient (Wildman–Crippen LogP) is 3.06. The van der Waals surface area contributed by atoms with Gasteiger partial charge in [0.25, 0.3) is 0 Å². The molecule has 0 unspecified atom stereocenters. The van der Waals surface area contributed by atoms with Crippen LogP contribution in [-0.2, 0) is 19.0 Å². The molecule has 1 N–H and O–H groups in total. The summed E-state index contributed by atoms with van der Waals surface area (Å²) >= 11 is 0. The molecule has 2 aromatic rings. The van der Waals surface area contributed by atoms with E-state index in [1.54, 1.807) is 0 Å². The van der Waals surface area contributed by atoms with Gasteiger partial charge in [-0.25, -0.2) is 4.79 Å². The zero-order valence-electron chi connectivity index (χ0n) is 14.7. The fraction of sp³-hybridized carbons (Fsp3) is 0.300. The minimum absolute atomic E-state index is 0.0187. The first-order valence-electron chi connectivity index (χ1n) is 8.35. The molecule has 6 heteroatoms. The number of fused-ring (bicyclic) bond motifs is 3. The summed E-state index contributed by atoms with van der Waals surface area (Å²) in [6.07, 6.45) is -1.52. The molecule has 0 heterocycles. The average molecular weight is 355 g/mol.